The average Bonchev–Trinajstić information content (AvgIpc) is 2.41. The zero-order chi connectivity index (χ0) is 15.1. The van der Waals surface area contributed by atoms with Gasteiger partial charge in [-0.25, -0.2) is 9.59 Å². The Labute approximate surface area is 118 Å². The van der Waals surface area contributed by atoms with Crippen molar-refractivity contribution in [2.24, 2.45) is 0 Å². The van der Waals surface area contributed by atoms with Crippen LogP contribution in [0.25, 0.3) is 0 Å². The van der Waals surface area contributed by atoms with Crippen LogP contribution in [0, 0.1) is 6.92 Å². The second kappa shape index (κ2) is 7.49. The van der Waals surface area contributed by atoms with Crippen LogP contribution in [0.5, 0.6) is 0 Å². The van der Waals surface area contributed by atoms with Crippen LogP contribution in [-0.4, -0.2) is 41.4 Å². The lowest BCUT2D eigenvalue weighted by molar-refractivity contribution is -0.139. The van der Waals surface area contributed by atoms with Crippen molar-refractivity contribution in [3.63, 3.8) is 0 Å². The fourth-order valence-corrected chi connectivity index (χ4v) is 1.78. The molecule has 0 aliphatic carbocycles. The number of carboxylic acids is 1. The molecule has 1 rings (SSSR count). The summed E-state index contributed by atoms with van der Waals surface area (Å²) in [5, 5.41) is 20.2. The first-order valence-corrected chi connectivity index (χ1v) is 6.48. The zero-order valence-electron chi connectivity index (χ0n) is 11.7. The van der Waals surface area contributed by atoms with Gasteiger partial charge in [0.1, 0.15) is 6.04 Å². The van der Waals surface area contributed by atoms with E-state index in [4.69, 9.17) is 10.2 Å². The van der Waals surface area contributed by atoms with Gasteiger partial charge in [0, 0.05) is 25.3 Å². The molecule has 0 aliphatic heterocycles. The van der Waals surface area contributed by atoms with Gasteiger partial charge in [-0.15, -0.1) is 0 Å². The van der Waals surface area contributed by atoms with E-state index in [2.05, 4.69) is 5.32 Å². The van der Waals surface area contributed by atoms with E-state index in [-0.39, 0.29) is 13.0 Å². The Morgan fingerprint density at radius 3 is 2.35 bits per heavy atom. The van der Waals surface area contributed by atoms with Gasteiger partial charge in [0.15, 0.2) is 0 Å². The van der Waals surface area contributed by atoms with Crippen LogP contribution in [0.15, 0.2) is 24.3 Å². The van der Waals surface area contributed by atoms with E-state index in [1.807, 2.05) is 19.1 Å². The number of aryl methyl sites for hydroxylation is 1. The number of urea groups is 1. The summed E-state index contributed by atoms with van der Waals surface area (Å²) in [4.78, 5) is 24.5. The molecule has 2 amide bonds. The first-order chi connectivity index (χ1) is 9.49. The number of hydrogen-bond donors (Lipinski definition) is 3. The molecule has 0 radical (unpaired) electrons. The lowest BCUT2D eigenvalue weighted by atomic mass is 10.2. The third kappa shape index (κ3) is 4.24. The van der Waals surface area contributed by atoms with Gasteiger partial charge in [-0.2, -0.15) is 0 Å². The molecule has 0 fully saturated rings. The van der Waals surface area contributed by atoms with E-state index < -0.39 is 18.0 Å². The number of benzene rings is 1. The van der Waals surface area contributed by atoms with Crippen LogP contribution in [0.2, 0.25) is 0 Å². The van der Waals surface area contributed by atoms with Crippen LogP contribution in [0.4, 0.5) is 10.5 Å². The number of aliphatic hydroxyl groups excluding tert-OH is 1. The van der Waals surface area contributed by atoms with E-state index in [1.165, 1.54) is 4.90 Å². The molecule has 0 heterocycles. The van der Waals surface area contributed by atoms with Gasteiger partial charge in [0.05, 0.1) is 0 Å². The minimum Gasteiger partial charge on any atom is -0.480 e. The summed E-state index contributed by atoms with van der Waals surface area (Å²) in [7, 11) is 0. The van der Waals surface area contributed by atoms with Crippen molar-refractivity contribution in [1.82, 2.24) is 5.32 Å². The summed E-state index contributed by atoms with van der Waals surface area (Å²) in [6.45, 7) is 3.87. The van der Waals surface area contributed by atoms with E-state index >= 15 is 0 Å². The summed E-state index contributed by atoms with van der Waals surface area (Å²) in [6.07, 6.45) is -0.0213. The van der Waals surface area contributed by atoms with Gasteiger partial charge in [0.25, 0.3) is 0 Å². The Balaban J connectivity index is 2.81. The first kappa shape index (κ1) is 16.0. The maximum atomic E-state index is 12.1. The number of carboxylic acid groups (broad SMARTS) is 1. The van der Waals surface area contributed by atoms with Crippen molar-refractivity contribution in [3.8, 4) is 0 Å². The minimum absolute atomic E-state index is 0.0213. The Hall–Kier alpha value is -2.08. The van der Waals surface area contributed by atoms with Crippen LogP contribution < -0.4 is 10.2 Å². The van der Waals surface area contributed by atoms with Gasteiger partial charge in [0.2, 0.25) is 0 Å². The van der Waals surface area contributed by atoms with Gasteiger partial charge in [-0.1, -0.05) is 17.7 Å². The monoisotopic (exact) mass is 280 g/mol. The predicted octanol–water partition coefficient (Wildman–Crippen LogP) is 1.37. The maximum absolute atomic E-state index is 12.1. The van der Waals surface area contributed by atoms with E-state index in [0.29, 0.717) is 12.2 Å². The number of carbonyl (C=O) groups excluding carboxylic acids is 1. The topological polar surface area (TPSA) is 89.9 Å². The van der Waals surface area contributed by atoms with Crippen molar-refractivity contribution in [2.75, 3.05) is 18.1 Å². The second-order valence-electron chi connectivity index (χ2n) is 4.43. The molecule has 1 aromatic rings. The van der Waals surface area contributed by atoms with E-state index in [9.17, 15) is 9.59 Å². The van der Waals surface area contributed by atoms with Gasteiger partial charge >= 0.3 is 12.0 Å². The van der Waals surface area contributed by atoms with Crippen molar-refractivity contribution < 1.29 is 19.8 Å². The number of nitrogens with one attached hydrogen (secondary N) is 1. The Morgan fingerprint density at radius 2 is 1.90 bits per heavy atom. The van der Waals surface area contributed by atoms with Crippen molar-refractivity contribution in [2.45, 2.75) is 26.3 Å². The second-order valence-corrected chi connectivity index (χ2v) is 4.43. The lowest BCUT2D eigenvalue weighted by Gasteiger charge is -2.24. The highest BCUT2D eigenvalue weighted by molar-refractivity contribution is 5.94. The standard InChI is InChI=1S/C14H20N2O4/c1-3-16(11-6-4-10(2)5-7-11)14(20)15-12(8-9-17)13(18)19/h4-7,12,17H,3,8-9H2,1-2H3,(H,15,20)(H,18,19)/t12-/m1/s1. The minimum atomic E-state index is -1.16. The Kier molecular flexibility index (Phi) is 5.99. The zero-order valence-corrected chi connectivity index (χ0v) is 11.7. The molecule has 0 saturated heterocycles. The lowest BCUT2D eigenvalue weighted by Crippen LogP contribution is -2.48. The molecule has 0 aliphatic rings. The maximum Gasteiger partial charge on any atom is 0.326 e. The van der Waals surface area contributed by atoms with E-state index in [0.717, 1.165) is 5.56 Å². The Morgan fingerprint density at radius 1 is 1.30 bits per heavy atom. The van der Waals surface area contributed by atoms with Crippen LogP contribution >= 0.6 is 0 Å². The van der Waals surface area contributed by atoms with Crippen molar-refractivity contribution in [1.29, 1.82) is 0 Å². The fraction of sp³-hybridized carbons (Fsp3) is 0.429. The third-order valence-electron chi connectivity index (χ3n) is 2.92. The summed E-state index contributed by atoms with van der Waals surface area (Å²) in [6, 6.07) is 5.80. The highest BCUT2D eigenvalue weighted by Crippen LogP contribution is 2.15. The quantitative estimate of drug-likeness (QED) is 0.734. The van der Waals surface area contributed by atoms with E-state index in [1.54, 1.807) is 19.1 Å². The number of aliphatic carboxylic acids is 1. The molecule has 6 heteroatoms. The molecule has 0 spiro atoms. The molecule has 0 aromatic heterocycles. The molecule has 3 N–H and O–H groups in total. The highest BCUT2D eigenvalue weighted by Gasteiger charge is 2.22. The van der Waals surface area contributed by atoms with Gasteiger partial charge < -0.3 is 15.5 Å². The predicted molar refractivity (Wildman–Crippen MR) is 75.9 cm³/mol. The molecule has 0 bridgehead atoms. The van der Waals surface area contributed by atoms with Crippen LogP contribution in [0.3, 0.4) is 0 Å². The summed E-state index contributed by atoms with van der Waals surface area (Å²) in [5.41, 5.74) is 1.78. The Bertz CT molecular complexity index is 459. The number of aliphatic hydroxyl groups is 1. The molecular weight excluding hydrogens is 260 g/mol. The molecule has 1 atom stereocenters. The molecule has 1 aromatic carbocycles. The average molecular weight is 280 g/mol. The molecule has 0 saturated carbocycles. The van der Waals surface area contributed by atoms with Gasteiger partial charge in [-0.05, 0) is 26.0 Å². The normalized spacial score (nSPS) is 11.8. The number of amides is 2. The van der Waals surface area contributed by atoms with Crippen LogP contribution in [0.1, 0.15) is 18.9 Å². The van der Waals surface area contributed by atoms with Crippen molar-refractivity contribution >= 4 is 17.7 Å². The molecule has 0 unspecified atom stereocenters. The number of rotatable bonds is 6. The molecule has 6 nitrogen and oxygen atoms in total. The summed E-state index contributed by atoms with van der Waals surface area (Å²) < 4.78 is 0. The van der Waals surface area contributed by atoms with Crippen molar-refractivity contribution in [3.05, 3.63) is 29.8 Å². The first-order valence-electron chi connectivity index (χ1n) is 6.48. The summed E-state index contributed by atoms with van der Waals surface area (Å²) in [5.74, 6) is -1.16. The SMILES string of the molecule is CCN(C(=O)N[C@H](CCO)C(=O)O)c1ccc(C)cc1. The summed E-state index contributed by atoms with van der Waals surface area (Å²) >= 11 is 0. The smallest absolute Gasteiger partial charge is 0.326 e. The molecular formula is C14H20N2O4. The number of hydrogen-bond acceptors (Lipinski definition) is 3. The third-order valence-corrected chi connectivity index (χ3v) is 2.92. The molecule has 110 valence electrons. The number of carbonyl (C=O) groups is 2. The molecule has 20 heavy (non-hydrogen) atoms. The highest BCUT2D eigenvalue weighted by atomic mass is 16.4. The van der Waals surface area contributed by atoms with Crippen LogP contribution in [-0.2, 0) is 4.79 Å². The number of anilines is 1. The number of nitrogens with zero attached hydrogens (tertiary/aromatic N) is 1. The largest absolute Gasteiger partial charge is 0.480 e. The fourth-order valence-electron chi connectivity index (χ4n) is 1.78. The van der Waals surface area contributed by atoms with Gasteiger partial charge in [-0.3, -0.25) is 4.90 Å².